The Morgan fingerprint density at radius 1 is 1.04 bits per heavy atom. The minimum absolute atomic E-state index is 0.672. The fraction of sp³-hybridized carbons (Fsp3) is 0.421. The molecule has 130 valence electrons. The van der Waals surface area contributed by atoms with Crippen LogP contribution >= 0.6 is 0 Å². The Hall–Kier alpha value is -2.63. The van der Waals surface area contributed by atoms with Crippen LogP contribution in [0.25, 0.3) is 16.7 Å². The molecule has 1 fully saturated rings. The van der Waals surface area contributed by atoms with Crippen molar-refractivity contribution < 1.29 is 4.74 Å². The van der Waals surface area contributed by atoms with Crippen molar-refractivity contribution >= 4 is 16.9 Å². The maximum absolute atomic E-state index is 5.23. The molecule has 0 unspecified atom stereocenters. The van der Waals surface area contributed by atoms with Crippen molar-refractivity contribution in [1.29, 1.82) is 0 Å². The van der Waals surface area contributed by atoms with E-state index in [9.17, 15) is 0 Å². The summed E-state index contributed by atoms with van der Waals surface area (Å²) in [7, 11) is 1.67. The monoisotopic (exact) mass is 337 g/mol. The van der Waals surface area contributed by atoms with Gasteiger partial charge in [-0.25, -0.2) is 14.6 Å². The molecule has 0 aliphatic carbocycles. The summed E-state index contributed by atoms with van der Waals surface area (Å²) in [6, 6.07) is 7.83. The van der Waals surface area contributed by atoms with Crippen molar-refractivity contribution in [3.05, 3.63) is 36.8 Å². The number of methoxy groups -OCH3 is 1. The molecule has 6 nitrogen and oxygen atoms in total. The Morgan fingerprint density at radius 2 is 1.76 bits per heavy atom. The molecule has 25 heavy (non-hydrogen) atoms. The fourth-order valence-corrected chi connectivity index (χ4v) is 3.83. The van der Waals surface area contributed by atoms with Crippen molar-refractivity contribution in [2.45, 2.75) is 20.3 Å². The molecule has 1 aliphatic heterocycles. The lowest BCUT2D eigenvalue weighted by Gasteiger charge is -2.35. The maximum Gasteiger partial charge on any atom is 0.168 e. The van der Waals surface area contributed by atoms with Gasteiger partial charge in [0.05, 0.1) is 24.4 Å². The minimum atomic E-state index is 0.672. The topological polar surface area (TPSA) is 56.1 Å². The van der Waals surface area contributed by atoms with E-state index in [1.54, 1.807) is 13.4 Å². The lowest BCUT2D eigenvalue weighted by atomic mass is 9.92. The first-order valence-corrected chi connectivity index (χ1v) is 8.74. The lowest BCUT2D eigenvalue weighted by Crippen LogP contribution is -2.39. The second kappa shape index (κ2) is 6.35. The van der Waals surface area contributed by atoms with Crippen LogP contribution < -0.4 is 9.64 Å². The largest absolute Gasteiger partial charge is 0.497 e. The van der Waals surface area contributed by atoms with Gasteiger partial charge >= 0.3 is 0 Å². The van der Waals surface area contributed by atoms with Gasteiger partial charge in [-0.15, -0.1) is 0 Å². The van der Waals surface area contributed by atoms with Crippen LogP contribution in [-0.2, 0) is 0 Å². The molecule has 6 heteroatoms. The SMILES string of the molecule is COc1ccc(-n2ncc3c(N4C[C@H](C)C[C@@H](C)C4)ncnc32)cc1. The zero-order valence-electron chi connectivity index (χ0n) is 14.9. The van der Waals surface area contributed by atoms with E-state index in [2.05, 4.69) is 33.8 Å². The van der Waals surface area contributed by atoms with Gasteiger partial charge in [-0.1, -0.05) is 13.8 Å². The quantitative estimate of drug-likeness (QED) is 0.734. The summed E-state index contributed by atoms with van der Waals surface area (Å²) in [5.74, 6) is 3.16. The number of benzene rings is 1. The predicted octanol–water partition coefficient (Wildman–Crippen LogP) is 3.31. The number of aromatic nitrogens is 4. The van der Waals surface area contributed by atoms with Gasteiger partial charge in [0.2, 0.25) is 0 Å². The summed E-state index contributed by atoms with van der Waals surface area (Å²) in [5, 5.41) is 5.56. The van der Waals surface area contributed by atoms with Crippen molar-refractivity contribution in [2.75, 3.05) is 25.1 Å². The molecule has 0 spiro atoms. The maximum atomic E-state index is 5.23. The number of piperidine rings is 1. The first-order valence-electron chi connectivity index (χ1n) is 8.74. The predicted molar refractivity (Wildman–Crippen MR) is 98.4 cm³/mol. The van der Waals surface area contributed by atoms with Crippen LogP contribution in [0.4, 0.5) is 5.82 Å². The average Bonchev–Trinajstić information content (AvgIpc) is 3.05. The van der Waals surface area contributed by atoms with Gasteiger partial charge in [-0.2, -0.15) is 5.10 Å². The molecular weight excluding hydrogens is 314 g/mol. The molecule has 3 heterocycles. The Kier molecular flexibility index (Phi) is 4.03. The van der Waals surface area contributed by atoms with Crippen LogP contribution in [0.15, 0.2) is 36.8 Å². The molecule has 2 aromatic heterocycles. The number of hydrogen-bond acceptors (Lipinski definition) is 5. The summed E-state index contributed by atoms with van der Waals surface area (Å²) in [6.07, 6.45) is 4.79. The molecule has 1 aliphatic rings. The van der Waals surface area contributed by atoms with Gasteiger partial charge in [0.1, 0.15) is 17.9 Å². The number of rotatable bonds is 3. The van der Waals surface area contributed by atoms with Crippen molar-refractivity contribution in [2.24, 2.45) is 11.8 Å². The van der Waals surface area contributed by atoms with Gasteiger partial charge in [-0.3, -0.25) is 0 Å². The van der Waals surface area contributed by atoms with Gasteiger partial charge < -0.3 is 9.64 Å². The number of anilines is 1. The van der Waals surface area contributed by atoms with Crippen LogP contribution in [0, 0.1) is 11.8 Å². The first kappa shape index (κ1) is 15.9. The Balaban J connectivity index is 1.75. The molecule has 2 atom stereocenters. The summed E-state index contributed by atoms with van der Waals surface area (Å²) in [5.41, 5.74) is 1.79. The summed E-state index contributed by atoms with van der Waals surface area (Å²) < 4.78 is 7.09. The third-order valence-electron chi connectivity index (χ3n) is 4.83. The van der Waals surface area contributed by atoms with Crippen molar-refractivity contribution in [3.63, 3.8) is 0 Å². The third kappa shape index (κ3) is 2.92. The highest BCUT2D eigenvalue weighted by Crippen LogP contribution is 2.30. The molecule has 0 amide bonds. The van der Waals surface area contributed by atoms with E-state index in [1.807, 2.05) is 35.1 Å². The first-order chi connectivity index (χ1) is 12.2. The summed E-state index contributed by atoms with van der Waals surface area (Å²) in [4.78, 5) is 11.4. The molecule has 0 saturated carbocycles. The van der Waals surface area contributed by atoms with Crippen LogP contribution in [-0.4, -0.2) is 39.9 Å². The molecule has 4 rings (SSSR count). The second-order valence-corrected chi connectivity index (χ2v) is 7.04. The molecule has 0 radical (unpaired) electrons. The normalized spacial score (nSPS) is 20.8. The molecule has 3 aromatic rings. The van der Waals surface area contributed by atoms with E-state index in [0.717, 1.165) is 41.4 Å². The molecule has 1 saturated heterocycles. The van der Waals surface area contributed by atoms with E-state index >= 15 is 0 Å². The number of ether oxygens (including phenoxy) is 1. The van der Waals surface area contributed by atoms with Gasteiger partial charge in [-0.05, 0) is 42.5 Å². The zero-order valence-corrected chi connectivity index (χ0v) is 14.9. The van der Waals surface area contributed by atoms with Gasteiger partial charge in [0.15, 0.2) is 5.65 Å². The Morgan fingerprint density at radius 3 is 2.44 bits per heavy atom. The molecular formula is C19H23N5O. The lowest BCUT2D eigenvalue weighted by molar-refractivity contribution is 0.356. The molecule has 1 aromatic carbocycles. The van der Waals surface area contributed by atoms with E-state index in [-0.39, 0.29) is 0 Å². The van der Waals surface area contributed by atoms with Gasteiger partial charge in [0, 0.05) is 13.1 Å². The van der Waals surface area contributed by atoms with E-state index in [4.69, 9.17) is 4.74 Å². The zero-order chi connectivity index (χ0) is 17.4. The number of nitrogens with zero attached hydrogens (tertiary/aromatic N) is 5. The Labute approximate surface area is 147 Å². The van der Waals surface area contributed by atoms with Crippen LogP contribution in [0.3, 0.4) is 0 Å². The third-order valence-corrected chi connectivity index (χ3v) is 4.83. The van der Waals surface area contributed by atoms with E-state index in [1.165, 1.54) is 6.42 Å². The summed E-state index contributed by atoms with van der Waals surface area (Å²) >= 11 is 0. The summed E-state index contributed by atoms with van der Waals surface area (Å²) in [6.45, 7) is 6.68. The van der Waals surface area contributed by atoms with Gasteiger partial charge in [0.25, 0.3) is 0 Å². The van der Waals surface area contributed by atoms with E-state index in [0.29, 0.717) is 11.8 Å². The van der Waals surface area contributed by atoms with Crippen molar-refractivity contribution in [1.82, 2.24) is 19.7 Å². The number of hydrogen-bond donors (Lipinski definition) is 0. The van der Waals surface area contributed by atoms with Crippen LogP contribution in [0.2, 0.25) is 0 Å². The van der Waals surface area contributed by atoms with E-state index < -0.39 is 0 Å². The molecule has 0 bridgehead atoms. The second-order valence-electron chi connectivity index (χ2n) is 7.04. The minimum Gasteiger partial charge on any atom is -0.497 e. The molecule has 0 N–H and O–H groups in total. The van der Waals surface area contributed by atoms with Crippen molar-refractivity contribution in [3.8, 4) is 11.4 Å². The van der Waals surface area contributed by atoms with Crippen LogP contribution in [0.5, 0.6) is 5.75 Å². The average molecular weight is 337 g/mol. The van der Waals surface area contributed by atoms with Crippen LogP contribution in [0.1, 0.15) is 20.3 Å². The smallest absolute Gasteiger partial charge is 0.168 e. The highest BCUT2D eigenvalue weighted by molar-refractivity contribution is 5.87. The highest BCUT2D eigenvalue weighted by atomic mass is 16.5. The highest BCUT2D eigenvalue weighted by Gasteiger charge is 2.25. The number of fused-ring (bicyclic) bond motifs is 1. The Bertz CT molecular complexity index is 863. The fourth-order valence-electron chi connectivity index (χ4n) is 3.83. The standard InChI is InChI=1S/C19H23N5O/c1-13-8-14(2)11-23(10-13)18-17-9-22-24(19(17)21-12-20-18)15-4-6-16(25-3)7-5-15/h4-7,9,12-14H,8,10-11H2,1-3H3/t13-,14-/m1/s1.